The van der Waals surface area contributed by atoms with Crippen LogP contribution in [0.15, 0.2) is 40.6 Å². The van der Waals surface area contributed by atoms with E-state index in [2.05, 4.69) is 10.8 Å². The van der Waals surface area contributed by atoms with Crippen molar-refractivity contribution in [3.05, 3.63) is 42.2 Å². The SMILES string of the molecule is CCCNC(=O)N1CCN(S(=O)(=O)c2ccc(-c3ccc(F)cc3)s2)C(C(=O)NOC2CCCCO2)C1. The average Bonchev–Trinajstić information content (AvgIpc) is 3.42. The first kappa shape index (κ1) is 27.5. The van der Waals surface area contributed by atoms with Crippen LogP contribution < -0.4 is 10.8 Å². The van der Waals surface area contributed by atoms with Gasteiger partial charge >= 0.3 is 6.03 Å². The number of halogens is 1. The predicted octanol–water partition coefficient (Wildman–Crippen LogP) is 2.92. The summed E-state index contributed by atoms with van der Waals surface area (Å²) >= 11 is 1.03. The van der Waals surface area contributed by atoms with Gasteiger partial charge in [0.25, 0.3) is 15.9 Å². The molecule has 2 aliphatic rings. The van der Waals surface area contributed by atoms with E-state index < -0.39 is 28.3 Å². The molecule has 2 saturated heterocycles. The van der Waals surface area contributed by atoms with Crippen molar-refractivity contribution in [2.24, 2.45) is 0 Å². The Morgan fingerprint density at radius 1 is 1.16 bits per heavy atom. The Hall–Kier alpha value is -2.58. The molecule has 4 rings (SSSR count). The van der Waals surface area contributed by atoms with Crippen LogP contribution in [0.25, 0.3) is 10.4 Å². The third kappa shape index (κ3) is 6.65. The molecule has 37 heavy (non-hydrogen) atoms. The highest BCUT2D eigenvalue weighted by Crippen LogP contribution is 2.33. The first-order valence-corrected chi connectivity index (χ1v) is 14.5. The van der Waals surface area contributed by atoms with Gasteiger partial charge in [-0.2, -0.15) is 4.31 Å². The summed E-state index contributed by atoms with van der Waals surface area (Å²) < 4.78 is 47.3. The molecule has 2 fully saturated rings. The molecule has 0 radical (unpaired) electrons. The predicted molar refractivity (Wildman–Crippen MR) is 135 cm³/mol. The quantitative estimate of drug-likeness (QED) is 0.485. The molecule has 3 amide bonds. The van der Waals surface area contributed by atoms with Gasteiger partial charge in [-0.1, -0.05) is 19.1 Å². The number of carbonyl (C=O) groups is 2. The summed E-state index contributed by atoms with van der Waals surface area (Å²) in [6.45, 7) is 2.84. The fourth-order valence-corrected chi connectivity index (χ4v) is 7.15. The Kier molecular flexibility index (Phi) is 9.13. The van der Waals surface area contributed by atoms with Crippen LogP contribution in [-0.4, -0.2) is 74.7 Å². The highest BCUT2D eigenvalue weighted by Gasteiger charge is 2.42. The number of amides is 3. The number of nitrogens with one attached hydrogen (secondary N) is 2. The van der Waals surface area contributed by atoms with Crippen LogP contribution in [0.1, 0.15) is 32.6 Å². The lowest BCUT2D eigenvalue weighted by atomic mass is 10.2. The number of hydrogen-bond donors (Lipinski definition) is 2. The van der Waals surface area contributed by atoms with E-state index in [1.807, 2.05) is 6.92 Å². The van der Waals surface area contributed by atoms with E-state index in [4.69, 9.17) is 9.57 Å². The van der Waals surface area contributed by atoms with Gasteiger partial charge in [-0.25, -0.2) is 27.9 Å². The van der Waals surface area contributed by atoms with Gasteiger partial charge in [0.1, 0.15) is 16.1 Å². The summed E-state index contributed by atoms with van der Waals surface area (Å²) in [6, 6.07) is 7.33. The summed E-state index contributed by atoms with van der Waals surface area (Å²) in [5, 5.41) is 2.77. The number of benzene rings is 1. The number of piperazine rings is 1. The maximum Gasteiger partial charge on any atom is 0.317 e. The number of urea groups is 1. The summed E-state index contributed by atoms with van der Waals surface area (Å²) in [6.07, 6.45) is 2.55. The van der Waals surface area contributed by atoms with Gasteiger partial charge < -0.3 is 15.0 Å². The van der Waals surface area contributed by atoms with Crippen LogP contribution in [0.2, 0.25) is 0 Å². The Labute approximate surface area is 219 Å². The lowest BCUT2D eigenvalue weighted by molar-refractivity contribution is -0.202. The number of rotatable bonds is 8. The molecule has 0 bridgehead atoms. The van der Waals surface area contributed by atoms with Crippen LogP contribution in [-0.2, 0) is 24.4 Å². The summed E-state index contributed by atoms with van der Waals surface area (Å²) in [7, 11) is -4.09. The molecule has 1 aromatic carbocycles. The molecule has 2 atom stereocenters. The van der Waals surface area contributed by atoms with Crippen molar-refractivity contribution in [3.8, 4) is 10.4 Å². The van der Waals surface area contributed by atoms with E-state index in [0.29, 0.717) is 30.0 Å². The normalized spacial score (nSPS) is 21.0. The Morgan fingerprint density at radius 2 is 1.95 bits per heavy atom. The second-order valence-corrected chi connectivity index (χ2v) is 12.0. The largest absolute Gasteiger partial charge is 0.350 e. The van der Waals surface area contributed by atoms with Crippen molar-refractivity contribution in [1.82, 2.24) is 20.0 Å². The minimum atomic E-state index is -4.09. The number of hydroxylamine groups is 1. The number of nitrogens with zero attached hydrogens (tertiary/aromatic N) is 2. The van der Waals surface area contributed by atoms with Gasteiger partial charge in [0.15, 0.2) is 6.29 Å². The van der Waals surface area contributed by atoms with Crippen LogP contribution in [0.3, 0.4) is 0 Å². The highest BCUT2D eigenvalue weighted by atomic mass is 32.2. The van der Waals surface area contributed by atoms with E-state index >= 15 is 0 Å². The molecule has 2 unspecified atom stereocenters. The van der Waals surface area contributed by atoms with Crippen LogP contribution in [0.4, 0.5) is 9.18 Å². The second-order valence-electron chi connectivity index (χ2n) is 8.82. The van der Waals surface area contributed by atoms with Crippen molar-refractivity contribution in [2.45, 2.75) is 49.1 Å². The zero-order valence-electron chi connectivity index (χ0n) is 20.5. The highest BCUT2D eigenvalue weighted by molar-refractivity contribution is 7.91. The molecule has 2 aliphatic heterocycles. The summed E-state index contributed by atoms with van der Waals surface area (Å²) in [5.74, 6) is -1.07. The van der Waals surface area contributed by atoms with Crippen LogP contribution in [0.5, 0.6) is 0 Å². The third-order valence-corrected chi connectivity index (χ3v) is 9.66. The first-order valence-electron chi connectivity index (χ1n) is 12.3. The number of sulfonamides is 1. The van der Waals surface area contributed by atoms with E-state index in [1.54, 1.807) is 18.2 Å². The second kappa shape index (κ2) is 12.3. The molecule has 0 aliphatic carbocycles. The van der Waals surface area contributed by atoms with Gasteiger partial charge in [0.05, 0.1) is 0 Å². The zero-order valence-corrected chi connectivity index (χ0v) is 22.2. The molecule has 0 spiro atoms. The molecule has 2 aromatic rings. The van der Waals surface area contributed by atoms with Gasteiger partial charge in [-0.05, 0) is 49.1 Å². The molecule has 13 heteroatoms. The Morgan fingerprint density at radius 3 is 2.65 bits per heavy atom. The molecule has 2 N–H and O–H groups in total. The Balaban J connectivity index is 1.54. The van der Waals surface area contributed by atoms with Gasteiger partial charge in [-0.15, -0.1) is 11.3 Å². The molecular weight excluding hydrogens is 523 g/mol. The van der Waals surface area contributed by atoms with E-state index in [-0.39, 0.29) is 35.7 Å². The van der Waals surface area contributed by atoms with E-state index in [9.17, 15) is 22.4 Å². The molecule has 0 saturated carbocycles. The minimum absolute atomic E-state index is 0.0463. The van der Waals surface area contributed by atoms with Crippen LogP contribution >= 0.6 is 11.3 Å². The van der Waals surface area contributed by atoms with E-state index in [1.165, 1.54) is 23.1 Å². The van der Waals surface area contributed by atoms with Gasteiger partial charge in [-0.3, -0.25) is 4.79 Å². The maximum atomic E-state index is 13.7. The van der Waals surface area contributed by atoms with E-state index in [0.717, 1.165) is 34.9 Å². The monoisotopic (exact) mass is 554 g/mol. The van der Waals surface area contributed by atoms with Crippen molar-refractivity contribution in [2.75, 3.05) is 32.8 Å². The van der Waals surface area contributed by atoms with Gasteiger partial charge in [0.2, 0.25) is 0 Å². The maximum absolute atomic E-state index is 13.7. The molecule has 3 heterocycles. The van der Waals surface area contributed by atoms with Crippen molar-refractivity contribution >= 4 is 33.3 Å². The smallest absolute Gasteiger partial charge is 0.317 e. The lowest BCUT2D eigenvalue weighted by Crippen LogP contribution is -2.62. The fourth-order valence-electron chi connectivity index (χ4n) is 4.14. The average molecular weight is 555 g/mol. The molecule has 202 valence electrons. The third-order valence-electron chi connectivity index (χ3n) is 6.15. The number of hydrogen-bond acceptors (Lipinski definition) is 7. The molecule has 1 aromatic heterocycles. The number of thiophene rings is 1. The molecular formula is C24H31FN4O6S2. The minimum Gasteiger partial charge on any atom is -0.350 e. The topological polar surface area (TPSA) is 117 Å². The number of ether oxygens (including phenoxy) is 1. The standard InChI is InChI=1S/C24H31FN4O6S2/c1-2-12-26-24(31)28-13-14-29(19(16-28)23(30)27-35-21-5-3-4-15-34-21)37(32,33)22-11-10-20(36-22)17-6-8-18(25)9-7-17/h6-11,19,21H,2-5,12-16H2,1H3,(H,26,31)(H,27,30). The van der Waals surface area contributed by atoms with Crippen molar-refractivity contribution in [3.63, 3.8) is 0 Å². The van der Waals surface area contributed by atoms with Crippen molar-refractivity contribution in [1.29, 1.82) is 0 Å². The fraction of sp³-hybridized carbons (Fsp3) is 0.500. The lowest BCUT2D eigenvalue weighted by Gasteiger charge is -2.39. The Bertz CT molecular complexity index is 1180. The van der Waals surface area contributed by atoms with Crippen molar-refractivity contribution < 1.29 is 32.0 Å². The summed E-state index contributed by atoms with van der Waals surface area (Å²) in [4.78, 5) is 33.2. The van der Waals surface area contributed by atoms with Crippen LogP contribution in [0, 0.1) is 5.82 Å². The summed E-state index contributed by atoms with van der Waals surface area (Å²) in [5.41, 5.74) is 3.04. The number of carbonyl (C=O) groups excluding carboxylic acids is 2. The molecule has 10 nitrogen and oxygen atoms in total. The van der Waals surface area contributed by atoms with Gasteiger partial charge in [0, 0.05) is 44.1 Å². The first-order chi connectivity index (χ1) is 17.8. The zero-order chi connectivity index (χ0) is 26.4.